The monoisotopic (exact) mass is 373 g/mol. The maximum atomic E-state index is 12.8. The van der Waals surface area contributed by atoms with Crippen LogP contribution in [0, 0.1) is 19.8 Å². The predicted octanol–water partition coefficient (Wildman–Crippen LogP) is 2.74. The number of amides is 1. The van der Waals surface area contributed by atoms with E-state index in [1.54, 1.807) is 6.07 Å². The minimum Gasteiger partial charge on any atom is -0.326 e. The number of benzene rings is 1. The molecule has 0 radical (unpaired) electrons. The quantitative estimate of drug-likeness (QED) is 0.894. The molecule has 1 saturated heterocycles. The summed E-state index contributed by atoms with van der Waals surface area (Å²) in [6.45, 7) is 4.56. The second-order valence-electron chi connectivity index (χ2n) is 6.76. The second kappa shape index (κ2) is 7.55. The van der Waals surface area contributed by atoms with Crippen molar-refractivity contribution in [2.45, 2.75) is 31.6 Å². The fourth-order valence-electron chi connectivity index (χ4n) is 3.31. The Bertz CT molecular complexity index is 877. The third kappa shape index (κ3) is 4.11. The van der Waals surface area contributed by atoms with Crippen molar-refractivity contribution in [2.75, 3.05) is 18.4 Å². The largest absolute Gasteiger partial charge is 0.326 e. The molecule has 3 rings (SSSR count). The minimum absolute atomic E-state index is 0.138. The summed E-state index contributed by atoms with van der Waals surface area (Å²) in [5.41, 5.74) is 2.90. The molecule has 2 heterocycles. The van der Waals surface area contributed by atoms with Crippen LogP contribution < -0.4 is 5.32 Å². The summed E-state index contributed by atoms with van der Waals surface area (Å²) in [4.78, 5) is 16.7. The van der Waals surface area contributed by atoms with E-state index in [0.717, 1.165) is 16.8 Å². The van der Waals surface area contributed by atoms with Gasteiger partial charge in [-0.15, -0.1) is 0 Å². The van der Waals surface area contributed by atoms with E-state index in [1.807, 2.05) is 32.0 Å². The van der Waals surface area contributed by atoms with Gasteiger partial charge in [0, 0.05) is 31.2 Å². The molecule has 1 N–H and O–H groups in total. The lowest BCUT2D eigenvalue weighted by Gasteiger charge is -2.31. The van der Waals surface area contributed by atoms with Gasteiger partial charge in [0.25, 0.3) is 0 Å². The van der Waals surface area contributed by atoms with Crippen LogP contribution in [0.3, 0.4) is 0 Å². The summed E-state index contributed by atoms with van der Waals surface area (Å²) in [5.74, 6) is -0.503. The van der Waals surface area contributed by atoms with E-state index in [0.29, 0.717) is 19.4 Å². The van der Waals surface area contributed by atoms with Crippen molar-refractivity contribution in [1.82, 2.24) is 9.29 Å². The van der Waals surface area contributed by atoms with Crippen LogP contribution in [-0.4, -0.2) is 36.7 Å². The van der Waals surface area contributed by atoms with E-state index < -0.39 is 10.0 Å². The molecular weight excluding hydrogens is 350 g/mol. The van der Waals surface area contributed by atoms with Crippen molar-refractivity contribution < 1.29 is 13.2 Å². The molecule has 6 nitrogen and oxygen atoms in total. The van der Waals surface area contributed by atoms with Gasteiger partial charge in [-0.2, -0.15) is 4.31 Å². The Labute approximate surface area is 154 Å². The molecule has 0 aliphatic carbocycles. The number of hydrogen-bond donors (Lipinski definition) is 1. The molecule has 1 aromatic heterocycles. The topological polar surface area (TPSA) is 79.4 Å². The number of aryl methyl sites for hydroxylation is 2. The fourth-order valence-corrected chi connectivity index (χ4v) is 4.80. The van der Waals surface area contributed by atoms with Crippen molar-refractivity contribution in [3.8, 4) is 0 Å². The molecule has 1 aromatic carbocycles. The maximum Gasteiger partial charge on any atom is 0.244 e. The molecular formula is C19H23N3O3S. The molecule has 0 spiro atoms. The van der Waals surface area contributed by atoms with Crippen LogP contribution in [0.1, 0.15) is 24.0 Å². The Morgan fingerprint density at radius 2 is 1.96 bits per heavy atom. The highest BCUT2D eigenvalue weighted by molar-refractivity contribution is 7.89. The summed E-state index contributed by atoms with van der Waals surface area (Å²) >= 11 is 0. The van der Waals surface area contributed by atoms with Crippen molar-refractivity contribution >= 4 is 21.6 Å². The highest BCUT2D eigenvalue weighted by Gasteiger charge is 2.33. The number of nitrogens with one attached hydrogen (secondary N) is 1. The van der Waals surface area contributed by atoms with Gasteiger partial charge < -0.3 is 5.32 Å². The van der Waals surface area contributed by atoms with E-state index in [9.17, 15) is 13.2 Å². The molecule has 1 amide bonds. The predicted molar refractivity (Wildman–Crippen MR) is 100 cm³/mol. The van der Waals surface area contributed by atoms with Crippen molar-refractivity contribution in [2.24, 2.45) is 5.92 Å². The van der Waals surface area contributed by atoms with Gasteiger partial charge in [-0.05, 0) is 62.1 Å². The third-order valence-electron chi connectivity index (χ3n) is 4.52. The normalized spacial score (nSPS) is 18.5. The maximum absolute atomic E-state index is 12.8. The highest BCUT2D eigenvalue weighted by atomic mass is 32.2. The first-order valence-corrected chi connectivity index (χ1v) is 10.1. The molecule has 138 valence electrons. The first kappa shape index (κ1) is 18.5. The van der Waals surface area contributed by atoms with Gasteiger partial charge in [0.1, 0.15) is 4.90 Å². The van der Waals surface area contributed by atoms with Gasteiger partial charge in [0.05, 0.1) is 5.92 Å². The Kier molecular flexibility index (Phi) is 5.38. The zero-order valence-electron chi connectivity index (χ0n) is 15.0. The summed E-state index contributed by atoms with van der Waals surface area (Å²) in [6, 6.07) is 9.00. The van der Waals surface area contributed by atoms with Crippen LogP contribution in [-0.2, 0) is 14.8 Å². The van der Waals surface area contributed by atoms with E-state index in [4.69, 9.17) is 0 Å². The fraction of sp³-hybridized carbons (Fsp3) is 0.368. The van der Waals surface area contributed by atoms with Gasteiger partial charge in [0.2, 0.25) is 15.9 Å². The summed E-state index contributed by atoms with van der Waals surface area (Å²) < 4.78 is 26.9. The lowest BCUT2D eigenvalue weighted by molar-refractivity contribution is -0.120. The zero-order chi connectivity index (χ0) is 18.7. The lowest BCUT2D eigenvalue weighted by atomic mass is 9.98. The van der Waals surface area contributed by atoms with Crippen molar-refractivity contribution in [3.05, 3.63) is 53.9 Å². The number of pyridine rings is 1. The number of nitrogens with zero attached hydrogens (tertiary/aromatic N) is 2. The number of hydrogen-bond acceptors (Lipinski definition) is 4. The van der Waals surface area contributed by atoms with Crippen LogP contribution in [0.2, 0.25) is 0 Å². The average Bonchev–Trinajstić information content (AvgIpc) is 2.61. The lowest BCUT2D eigenvalue weighted by Crippen LogP contribution is -2.43. The van der Waals surface area contributed by atoms with E-state index in [2.05, 4.69) is 10.3 Å². The SMILES string of the molecule is Cc1cc(C)cc(NC(=O)[C@@H]2CCCN(S(=O)(=O)c3cccnc3)C2)c1. The summed E-state index contributed by atoms with van der Waals surface area (Å²) in [7, 11) is -3.62. The van der Waals surface area contributed by atoms with Crippen LogP contribution in [0.4, 0.5) is 5.69 Å². The standard InChI is InChI=1S/C19H23N3O3S/c1-14-9-15(2)11-17(10-14)21-19(23)16-5-4-8-22(13-16)26(24,25)18-6-3-7-20-12-18/h3,6-7,9-12,16H,4-5,8,13H2,1-2H3,(H,21,23)/t16-/m1/s1. The van der Waals surface area contributed by atoms with Crippen LogP contribution in [0.5, 0.6) is 0 Å². The molecule has 7 heteroatoms. The number of aromatic nitrogens is 1. The number of rotatable bonds is 4. The van der Waals surface area contributed by atoms with Crippen molar-refractivity contribution in [1.29, 1.82) is 0 Å². The number of piperidine rings is 1. The Balaban J connectivity index is 1.73. The Morgan fingerprint density at radius 1 is 1.23 bits per heavy atom. The van der Waals surface area contributed by atoms with Gasteiger partial charge in [0.15, 0.2) is 0 Å². The Morgan fingerprint density at radius 3 is 2.62 bits per heavy atom. The van der Waals surface area contributed by atoms with Crippen LogP contribution >= 0.6 is 0 Å². The molecule has 0 bridgehead atoms. The summed E-state index contributed by atoms with van der Waals surface area (Å²) in [6.07, 6.45) is 4.21. The zero-order valence-corrected chi connectivity index (χ0v) is 15.8. The van der Waals surface area contributed by atoms with Gasteiger partial charge in [-0.25, -0.2) is 8.42 Å². The first-order valence-electron chi connectivity index (χ1n) is 8.65. The molecule has 1 aliphatic heterocycles. The van der Waals surface area contributed by atoms with Gasteiger partial charge >= 0.3 is 0 Å². The minimum atomic E-state index is -3.62. The number of carbonyl (C=O) groups is 1. The Hall–Kier alpha value is -2.25. The van der Waals surface area contributed by atoms with Gasteiger partial charge in [-0.3, -0.25) is 9.78 Å². The third-order valence-corrected chi connectivity index (χ3v) is 6.37. The van der Waals surface area contributed by atoms with Crippen LogP contribution in [0.15, 0.2) is 47.6 Å². The molecule has 0 saturated carbocycles. The number of sulfonamides is 1. The molecule has 1 atom stereocenters. The number of anilines is 1. The first-order chi connectivity index (χ1) is 12.4. The van der Waals surface area contributed by atoms with E-state index in [-0.39, 0.29) is 23.3 Å². The van der Waals surface area contributed by atoms with Crippen molar-refractivity contribution in [3.63, 3.8) is 0 Å². The molecule has 2 aromatic rings. The van der Waals surface area contributed by atoms with E-state index in [1.165, 1.54) is 22.8 Å². The molecule has 26 heavy (non-hydrogen) atoms. The molecule has 1 aliphatic rings. The highest BCUT2D eigenvalue weighted by Crippen LogP contribution is 2.25. The second-order valence-corrected chi connectivity index (χ2v) is 8.69. The summed E-state index contributed by atoms with van der Waals surface area (Å²) in [5, 5.41) is 2.93. The number of carbonyl (C=O) groups excluding carboxylic acids is 1. The average molecular weight is 373 g/mol. The van der Waals surface area contributed by atoms with Gasteiger partial charge in [-0.1, -0.05) is 6.07 Å². The van der Waals surface area contributed by atoms with Crippen LogP contribution in [0.25, 0.3) is 0 Å². The smallest absolute Gasteiger partial charge is 0.244 e. The van der Waals surface area contributed by atoms with E-state index >= 15 is 0 Å². The molecule has 0 unspecified atom stereocenters. The molecule has 1 fully saturated rings.